The molecule has 1 nitrogen and oxygen atoms in total. The minimum Gasteiger partial charge on any atom is -0.309 e. The van der Waals surface area contributed by atoms with Crippen LogP contribution in [0.1, 0.15) is 5.56 Å². The van der Waals surface area contributed by atoms with Gasteiger partial charge in [0.2, 0.25) is 0 Å². The summed E-state index contributed by atoms with van der Waals surface area (Å²) in [6.07, 6.45) is 0. The van der Waals surface area contributed by atoms with Crippen LogP contribution in [-0.2, 0) is 0 Å². The van der Waals surface area contributed by atoms with Crippen LogP contribution in [0.15, 0.2) is 121 Å². The van der Waals surface area contributed by atoms with Crippen molar-refractivity contribution in [1.29, 1.82) is 0 Å². The smallest absolute Gasteiger partial charge is 0.0541 e. The third-order valence-corrected chi connectivity index (χ3v) is 6.34. The number of nitrogens with zero attached hydrogens (tertiary/aromatic N) is 1. The maximum absolute atomic E-state index is 2.36. The van der Waals surface area contributed by atoms with Crippen molar-refractivity contribution >= 4 is 21.8 Å². The molecule has 0 aliphatic heterocycles. The van der Waals surface area contributed by atoms with E-state index in [-0.39, 0.29) is 0 Å². The lowest BCUT2D eigenvalue weighted by molar-refractivity contribution is 1.18. The van der Waals surface area contributed by atoms with Crippen LogP contribution in [0.5, 0.6) is 0 Å². The second kappa shape index (κ2) is 7.55. The Hall–Kier alpha value is -4.10. The molecule has 152 valence electrons. The second-order valence-electron chi connectivity index (χ2n) is 8.32. The molecule has 0 N–H and O–H groups in total. The SMILES string of the molecule is Cc1ccc(-c2ccc3c(c2)c2ccccc2n3-c2ccccc2)cc1-c1ccccc1. The molecule has 0 saturated heterocycles. The average Bonchev–Trinajstić information content (AvgIpc) is 3.19. The fourth-order valence-corrected chi connectivity index (χ4v) is 4.74. The fraction of sp³-hybridized carbons (Fsp3) is 0.0323. The van der Waals surface area contributed by atoms with E-state index in [2.05, 4.69) is 133 Å². The minimum atomic E-state index is 1.19. The van der Waals surface area contributed by atoms with Crippen molar-refractivity contribution in [3.8, 4) is 27.9 Å². The first-order chi connectivity index (χ1) is 15.8. The summed E-state index contributed by atoms with van der Waals surface area (Å²) in [4.78, 5) is 0. The number of aryl methyl sites for hydroxylation is 1. The first-order valence-corrected chi connectivity index (χ1v) is 11.0. The van der Waals surface area contributed by atoms with Crippen molar-refractivity contribution in [2.75, 3.05) is 0 Å². The predicted octanol–water partition coefficient (Wildman–Crippen LogP) is 8.43. The zero-order chi connectivity index (χ0) is 21.5. The van der Waals surface area contributed by atoms with E-state index in [9.17, 15) is 0 Å². The Morgan fingerprint density at radius 2 is 1.09 bits per heavy atom. The molecule has 0 unspecified atom stereocenters. The van der Waals surface area contributed by atoms with Gasteiger partial charge in [-0.05, 0) is 71.1 Å². The van der Waals surface area contributed by atoms with Crippen LogP contribution in [0.2, 0.25) is 0 Å². The third-order valence-electron chi connectivity index (χ3n) is 6.34. The molecule has 0 saturated carbocycles. The number of rotatable bonds is 3. The maximum atomic E-state index is 2.36. The van der Waals surface area contributed by atoms with Gasteiger partial charge in [0.25, 0.3) is 0 Å². The number of aromatic nitrogens is 1. The van der Waals surface area contributed by atoms with E-state index in [1.54, 1.807) is 0 Å². The summed E-state index contributed by atoms with van der Waals surface area (Å²) in [5, 5.41) is 2.56. The Labute approximate surface area is 188 Å². The molecule has 1 heteroatoms. The van der Waals surface area contributed by atoms with Crippen molar-refractivity contribution in [3.05, 3.63) is 127 Å². The summed E-state index contributed by atoms with van der Waals surface area (Å²) in [6.45, 7) is 2.18. The van der Waals surface area contributed by atoms with Crippen LogP contribution in [0.25, 0.3) is 49.7 Å². The molecule has 6 rings (SSSR count). The predicted molar refractivity (Wildman–Crippen MR) is 136 cm³/mol. The Balaban J connectivity index is 1.57. The highest BCUT2D eigenvalue weighted by Crippen LogP contribution is 2.36. The molecule has 0 amide bonds. The molecule has 0 aliphatic rings. The Bertz CT molecular complexity index is 1560. The molecule has 0 radical (unpaired) electrons. The van der Waals surface area contributed by atoms with E-state index in [1.165, 1.54) is 55.3 Å². The zero-order valence-electron chi connectivity index (χ0n) is 18.0. The van der Waals surface area contributed by atoms with Gasteiger partial charge in [-0.1, -0.05) is 84.9 Å². The number of hydrogen-bond donors (Lipinski definition) is 0. The Morgan fingerprint density at radius 1 is 0.469 bits per heavy atom. The van der Waals surface area contributed by atoms with E-state index in [4.69, 9.17) is 0 Å². The first-order valence-electron chi connectivity index (χ1n) is 11.0. The van der Waals surface area contributed by atoms with Gasteiger partial charge in [-0.25, -0.2) is 0 Å². The van der Waals surface area contributed by atoms with E-state index >= 15 is 0 Å². The topological polar surface area (TPSA) is 4.93 Å². The number of para-hydroxylation sites is 2. The van der Waals surface area contributed by atoms with Crippen LogP contribution in [0.3, 0.4) is 0 Å². The van der Waals surface area contributed by atoms with Crippen molar-refractivity contribution in [3.63, 3.8) is 0 Å². The van der Waals surface area contributed by atoms with Crippen molar-refractivity contribution in [2.45, 2.75) is 6.92 Å². The summed E-state index contributed by atoms with van der Waals surface area (Å²) in [5.41, 5.74) is 9.98. The standard InChI is InChI=1S/C31H23N/c1-22-16-17-24(20-28(22)23-10-4-2-5-11-23)25-18-19-31-29(21-25)27-14-8-9-15-30(27)32(31)26-12-6-3-7-13-26/h2-21H,1H3. The lowest BCUT2D eigenvalue weighted by Gasteiger charge is -2.11. The zero-order valence-corrected chi connectivity index (χ0v) is 18.0. The second-order valence-corrected chi connectivity index (χ2v) is 8.32. The van der Waals surface area contributed by atoms with Gasteiger partial charge in [0, 0.05) is 16.5 Å². The summed E-state index contributed by atoms with van der Waals surface area (Å²) >= 11 is 0. The van der Waals surface area contributed by atoms with Gasteiger partial charge in [-0.15, -0.1) is 0 Å². The molecule has 32 heavy (non-hydrogen) atoms. The van der Waals surface area contributed by atoms with Crippen molar-refractivity contribution in [2.24, 2.45) is 0 Å². The molecule has 1 heterocycles. The maximum Gasteiger partial charge on any atom is 0.0541 e. The Morgan fingerprint density at radius 3 is 1.91 bits per heavy atom. The highest BCUT2D eigenvalue weighted by atomic mass is 15.0. The van der Waals surface area contributed by atoms with E-state index in [0.29, 0.717) is 0 Å². The van der Waals surface area contributed by atoms with Crippen molar-refractivity contribution < 1.29 is 0 Å². The molecule has 1 aromatic heterocycles. The summed E-state index contributed by atoms with van der Waals surface area (Å²) in [6, 6.07) is 43.6. The summed E-state index contributed by atoms with van der Waals surface area (Å²) < 4.78 is 2.36. The highest BCUT2D eigenvalue weighted by Gasteiger charge is 2.13. The van der Waals surface area contributed by atoms with E-state index in [0.717, 1.165) is 0 Å². The largest absolute Gasteiger partial charge is 0.309 e. The molecule has 6 aromatic rings. The molecule has 0 fully saturated rings. The van der Waals surface area contributed by atoms with Gasteiger partial charge < -0.3 is 4.57 Å². The molecule has 0 aliphatic carbocycles. The summed E-state index contributed by atoms with van der Waals surface area (Å²) in [5.74, 6) is 0. The monoisotopic (exact) mass is 409 g/mol. The highest BCUT2D eigenvalue weighted by molar-refractivity contribution is 6.10. The van der Waals surface area contributed by atoms with Crippen LogP contribution in [-0.4, -0.2) is 4.57 Å². The van der Waals surface area contributed by atoms with Gasteiger partial charge in [0.05, 0.1) is 11.0 Å². The fourth-order valence-electron chi connectivity index (χ4n) is 4.74. The van der Waals surface area contributed by atoms with Gasteiger partial charge in [0.1, 0.15) is 0 Å². The molecular weight excluding hydrogens is 386 g/mol. The molecule has 5 aromatic carbocycles. The third kappa shape index (κ3) is 3.02. The number of benzene rings is 5. The van der Waals surface area contributed by atoms with Gasteiger partial charge in [-0.2, -0.15) is 0 Å². The van der Waals surface area contributed by atoms with Crippen molar-refractivity contribution in [1.82, 2.24) is 4.57 Å². The Kier molecular flexibility index (Phi) is 4.40. The van der Waals surface area contributed by atoms with Crippen LogP contribution in [0.4, 0.5) is 0 Å². The minimum absolute atomic E-state index is 1.19. The lowest BCUT2D eigenvalue weighted by atomic mass is 9.94. The van der Waals surface area contributed by atoms with Gasteiger partial charge in [0.15, 0.2) is 0 Å². The molecule has 0 spiro atoms. The first kappa shape index (κ1) is 18.7. The van der Waals surface area contributed by atoms with Crippen LogP contribution >= 0.6 is 0 Å². The molecule has 0 bridgehead atoms. The van der Waals surface area contributed by atoms with Gasteiger partial charge in [-0.3, -0.25) is 0 Å². The van der Waals surface area contributed by atoms with Crippen LogP contribution < -0.4 is 0 Å². The molecule has 0 atom stereocenters. The average molecular weight is 410 g/mol. The quantitative estimate of drug-likeness (QED) is 0.276. The number of hydrogen-bond acceptors (Lipinski definition) is 0. The lowest BCUT2D eigenvalue weighted by Crippen LogP contribution is -1.92. The van der Waals surface area contributed by atoms with E-state index in [1.807, 2.05) is 0 Å². The van der Waals surface area contributed by atoms with Crippen LogP contribution in [0, 0.1) is 6.92 Å². The summed E-state index contributed by atoms with van der Waals surface area (Å²) in [7, 11) is 0. The molecular formula is C31H23N. The number of fused-ring (bicyclic) bond motifs is 3. The van der Waals surface area contributed by atoms with Gasteiger partial charge >= 0.3 is 0 Å². The normalized spacial score (nSPS) is 11.3. The van der Waals surface area contributed by atoms with E-state index < -0.39 is 0 Å².